The van der Waals surface area contributed by atoms with E-state index in [0.717, 1.165) is 11.1 Å². The quantitative estimate of drug-likeness (QED) is 0.454. The van der Waals surface area contributed by atoms with Crippen LogP contribution in [0.5, 0.6) is 5.75 Å². The number of esters is 1. The van der Waals surface area contributed by atoms with Crippen LogP contribution in [0.1, 0.15) is 31.9 Å². The van der Waals surface area contributed by atoms with Gasteiger partial charge in [0.15, 0.2) is 0 Å². The number of carboxylic acid groups (broad SMARTS) is 1. The third-order valence-electron chi connectivity index (χ3n) is 3.58. The number of aryl methyl sites for hydroxylation is 1. The van der Waals surface area contributed by atoms with E-state index in [1.807, 2.05) is 39.8 Å². The molecule has 0 saturated carbocycles. The van der Waals surface area contributed by atoms with E-state index in [0.29, 0.717) is 12.2 Å². The number of hydrogen-bond acceptors (Lipinski definition) is 6. The summed E-state index contributed by atoms with van der Waals surface area (Å²) in [5.41, 5.74) is 1.79. The molecule has 0 aliphatic rings. The molecule has 0 fully saturated rings. The van der Waals surface area contributed by atoms with Crippen LogP contribution in [0.25, 0.3) is 0 Å². The molecular formula is C18H27NO6. The molecule has 0 heterocycles. The summed E-state index contributed by atoms with van der Waals surface area (Å²) in [5.74, 6) is -2.32. The number of carbonyl (C=O) groups excluding carboxylic acids is 1. The summed E-state index contributed by atoms with van der Waals surface area (Å²) in [5, 5.41) is 21.9. The summed E-state index contributed by atoms with van der Waals surface area (Å²) in [7, 11) is 0. The van der Waals surface area contributed by atoms with Crippen LogP contribution in [0.2, 0.25) is 0 Å². The van der Waals surface area contributed by atoms with Gasteiger partial charge in [-0.25, -0.2) is 9.59 Å². The molecule has 0 bridgehead atoms. The Morgan fingerprint density at radius 1 is 1.24 bits per heavy atom. The second kappa shape index (κ2) is 10.0. The molecule has 140 valence electrons. The summed E-state index contributed by atoms with van der Waals surface area (Å²) in [4.78, 5) is 21.4. The molecule has 7 nitrogen and oxygen atoms in total. The number of hydrogen-bond donors (Lipinski definition) is 3. The molecule has 0 aromatic heterocycles. The van der Waals surface area contributed by atoms with E-state index in [-0.39, 0.29) is 25.3 Å². The van der Waals surface area contributed by atoms with Gasteiger partial charge in [0.25, 0.3) is 0 Å². The fourth-order valence-electron chi connectivity index (χ4n) is 2.32. The van der Waals surface area contributed by atoms with Crippen LogP contribution in [0.15, 0.2) is 18.2 Å². The van der Waals surface area contributed by atoms with Gasteiger partial charge in [0, 0.05) is 18.5 Å². The first-order chi connectivity index (χ1) is 11.7. The highest BCUT2D eigenvalue weighted by Crippen LogP contribution is 2.21. The van der Waals surface area contributed by atoms with Gasteiger partial charge in [0.1, 0.15) is 18.5 Å². The lowest BCUT2D eigenvalue weighted by Gasteiger charge is -2.23. The van der Waals surface area contributed by atoms with E-state index in [4.69, 9.17) is 9.84 Å². The van der Waals surface area contributed by atoms with Crippen molar-refractivity contribution in [3.63, 3.8) is 0 Å². The number of aliphatic carboxylic acids is 1. The summed E-state index contributed by atoms with van der Waals surface area (Å²) >= 11 is 0. The van der Waals surface area contributed by atoms with Crippen molar-refractivity contribution in [3.05, 3.63) is 29.3 Å². The van der Waals surface area contributed by atoms with E-state index in [2.05, 4.69) is 10.1 Å². The number of aliphatic hydroxyl groups is 1. The van der Waals surface area contributed by atoms with Gasteiger partial charge in [0.05, 0.1) is 6.61 Å². The molecule has 1 aromatic carbocycles. The molecule has 1 aromatic rings. The SMILES string of the molecule is Cc1ccc(OC[C@@H](O)[C@H](C)NC(C)C)c(CCOC(=O)C(=O)O)c1. The van der Waals surface area contributed by atoms with Gasteiger partial charge >= 0.3 is 11.9 Å². The van der Waals surface area contributed by atoms with Crippen molar-refractivity contribution in [1.82, 2.24) is 5.32 Å². The highest BCUT2D eigenvalue weighted by molar-refractivity contribution is 6.28. The minimum atomic E-state index is -1.62. The molecule has 3 N–H and O–H groups in total. The van der Waals surface area contributed by atoms with Gasteiger partial charge in [0.2, 0.25) is 0 Å². The standard InChI is InChI=1S/C18H27NO6/c1-11(2)19-13(4)15(20)10-25-16-6-5-12(3)9-14(16)7-8-24-18(23)17(21)22/h5-6,9,11,13,15,19-20H,7-8,10H2,1-4H3,(H,21,22)/t13-,15+/m0/s1. The minimum Gasteiger partial charge on any atom is -0.491 e. The van der Waals surface area contributed by atoms with E-state index in [1.165, 1.54) is 0 Å². The number of carboxylic acids is 1. The number of carbonyl (C=O) groups is 2. The predicted molar refractivity (Wildman–Crippen MR) is 92.7 cm³/mol. The zero-order valence-electron chi connectivity index (χ0n) is 15.1. The first-order valence-electron chi connectivity index (χ1n) is 8.27. The molecule has 0 unspecified atom stereocenters. The number of nitrogens with one attached hydrogen (secondary N) is 1. The first kappa shape index (κ1) is 20.9. The molecule has 0 radical (unpaired) electrons. The molecular weight excluding hydrogens is 326 g/mol. The summed E-state index contributed by atoms with van der Waals surface area (Å²) in [6, 6.07) is 5.68. The summed E-state index contributed by atoms with van der Waals surface area (Å²) in [6.45, 7) is 7.86. The monoisotopic (exact) mass is 353 g/mol. The molecule has 0 amide bonds. The fourth-order valence-corrected chi connectivity index (χ4v) is 2.32. The van der Waals surface area contributed by atoms with Crippen LogP contribution in [0, 0.1) is 6.92 Å². The molecule has 1 rings (SSSR count). The Balaban J connectivity index is 2.64. The van der Waals surface area contributed by atoms with Crippen LogP contribution < -0.4 is 10.1 Å². The lowest BCUT2D eigenvalue weighted by molar-refractivity contribution is -0.163. The largest absolute Gasteiger partial charge is 0.491 e. The molecule has 0 spiro atoms. The molecule has 0 saturated heterocycles. The van der Waals surface area contributed by atoms with Gasteiger partial charge in [-0.15, -0.1) is 0 Å². The van der Waals surface area contributed by atoms with Crippen molar-refractivity contribution in [2.75, 3.05) is 13.2 Å². The molecule has 25 heavy (non-hydrogen) atoms. The Bertz CT molecular complexity index is 587. The second-order valence-corrected chi connectivity index (χ2v) is 6.29. The number of rotatable bonds is 9. The second-order valence-electron chi connectivity index (χ2n) is 6.29. The predicted octanol–water partition coefficient (Wildman–Crippen LogP) is 1.29. The van der Waals surface area contributed by atoms with E-state index in [9.17, 15) is 14.7 Å². The highest BCUT2D eigenvalue weighted by Gasteiger charge is 2.17. The Hall–Kier alpha value is -2.12. The van der Waals surface area contributed by atoms with Gasteiger partial charge < -0.3 is 25.0 Å². The summed E-state index contributed by atoms with van der Waals surface area (Å²) in [6.07, 6.45) is -0.354. The van der Waals surface area contributed by atoms with Crippen molar-refractivity contribution in [2.24, 2.45) is 0 Å². The molecule has 0 aliphatic carbocycles. The third kappa shape index (κ3) is 7.53. The smallest absolute Gasteiger partial charge is 0.417 e. The minimum absolute atomic E-state index is 0.0567. The third-order valence-corrected chi connectivity index (χ3v) is 3.58. The van der Waals surface area contributed by atoms with E-state index >= 15 is 0 Å². The number of aliphatic hydroxyl groups excluding tert-OH is 1. The average Bonchev–Trinajstić information content (AvgIpc) is 2.52. The van der Waals surface area contributed by atoms with Crippen molar-refractivity contribution >= 4 is 11.9 Å². The van der Waals surface area contributed by atoms with Crippen molar-refractivity contribution in [3.8, 4) is 5.75 Å². The maximum absolute atomic E-state index is 11.0. The Labute approximate surface area is 147 Å². The van der Waals surface area contributed by atoms with Crippen LogP contribution in [-0.2, 0) is 20.7 Å². The van der Waals surface area contributed by atoms with Gasteiger partial charge in [-0.1, -0.05) is 31.5 Å². The molecule has 0 aliphatic heterocycles. The van der Waals surface area contributed by atoms with E-state index < -0.39 is 18.0 Å². The van der Waals surface area contributed by atoms with Crippen molar-refractivity contribution < 1.29 is 29.3 Å². The Morgan fingerprint density at radius 3 is 2.52 bits per heavy atom. The lowest BCUT2D eigenvalue weighted by atomic mass is 10.1. The lowest BCUT2D eigenvalue weighted by Crippen LogP contribution is -2.43. The first-order valence-corrected chi connectivity index (χ1v) is 8.27. The summed E-state index contributed by atoms with van der Waals surface area (Å²) < 4.78 is 10.4. The van der Waals surface area contributed by atoms with Crippen LogP contribution in [0.3, 0.4) is 0 Å². The average molecular weight is 353 g/mol. The topological polar surface area (TPSA) is 105 Å². The molecule has 7 heteroatoms. The zero-order chi connectivity index (χ0) is 19.0. The van der Waals surface area contributed by atoms with Gasteiger partial charge in [-0.2, -0.15) is 0 Å². The number of ether oxygens (including phenoxy) is 2. The van der Waals surface area contributed by atoms with Gasteiger partial charge in [-0.3, -0.25) is 0 Å². The fraction of sp³-hybridized carbons (Fsp3) is 0.556. The zero-order valence-corrected chi connectivity index (χ0v) is 15.1. The van der Waals surface area contributed by atoms with Crippen molar-refractivity contribution in [2.45, 2.75) is 52.3 Å². The van der Waals surface area contributed by atoms with Gasteiger partial charge in [-0.05, 0) is 25.5 Å². The Morgan fingerprint density at radius 2 is 1.92 bits per heavy atom. The normalized spacial score (nSPS) is 13.4. The van der Waals surface area contributed by atoms with Crippen LogP contribution >= 0.6 is 0 Å². The maximum Gasteiger partial charge on any atom is 0.417 e. The van der Waals surface area contributed by atoms with E-state index in [1.54, 1.807) is 6.07 Å². The Kier molecular flexibility index (Phi) is 8.37. The van der Waals surface area contributed by atoms with Crippen LogP contribution in [-0.4, -0.2) is 53.6 Å². The molecule has 2 atom stereocenters. The maximum atomic E-state index is 11.0. The highest BCUT2D eigenvalue weighted by atomic mass is 16.6. The van der Waals surface area contributed by atoms with Crippen molar-refractivity contribution in [1.29, 1.82) is 0 Å². The van der Waals surface area contributed by atoms with Crippen LogP contribution in [0.4, 0.5) is 0 Å². The number of benzene rings is 1.